The van der Waals surface area contributed by atoms with Gasteiger partial charge in [-0.15, -0.1) is 0 Å². The highest BCUT2D eigenvalue weighted by molar-refractivity contribution is 6.22. The fourth-order valence-electron chi connectivity index (χ4n) is 4.42. The summed E-state index contributed by atoms with van der Waals surface area (Å²) in [6.07, 6.45) is 8.70. The van der Waals surface area contributed by atoms with Crippen LogP contribution >= 0.6 is 0 Å². The van der Waals surface area contributed by atoms with E-state index in [0.717, 1.165) is 42.0 Å². The number of carbonyl (C=O) groups excluding carboxylic acids is 1. The number of unbranched alkanes of at least 4 members (excludes halogenated alkanes) is 1. The van der Waals surface area contributed by atoms with E-state index in [4.69, 9.17) is 0 Å². The van der Waals surface area contributed by atoms with Crippen LogP contribution in [0.1, 0.15) is 64.5 Å². The summed E-state index contributed by atoms with van der Waals surface area (Å²) in [5.41, 5.74) is 2.64. The van der Waals surface area contributed by atoms with Crippen LogP contribution in [-0.2, 0) is 4.79 Å². The predicted octanol–water partition coefficient (Wildman–Crippen LogP) is 5.25. The number of likely N-dealkylation sites (tertiary alicyclic amines) is 1. The molecule has 2 heterocycles. The lowest BCUT2D eigenvalue weighted by atomic mass is 9.92. The van der Waals surface area contributed by atoms with Gasteiger partial charge in [0.25, 0.3) is 5.91 Å². The summed E-state index contributed by atoms with van der Waals surface area (Å²) in [5, 5.41) is 4.18. The van der Waals surface area contributed by atoms with Gasteiger partial charge in [-0.05, 0) is 51.8 Å². The standard InChI is InChI=1S/C25H37N3O/c1-5-6-9-21-12-15-27(16-13-21)17-14-26-25(29)20(4)23-18-28(19(2)3)24-11-8-7-10-22(23)24/h7-8,10-11,18-19,21H,4-6,9,12-17H2,1-3H3,(H,26,29). The van der Waals surface area contributed by atoms with Crippen LogP contribution in [0.15, 0.2) is 37.0 Å². The Kier molecular flexibility index (Phi) is 7.54. The lowest BCUT2D eigenvalue weighted by Crippen LogP contribution is -2.39. The van der Waals surface area contributed by atoms with E-state index in [2.05, 4.69) is 60.5 Å². The molecule has 0 spiro atoms. The van der Waals surface area contributed by atoms with Gasteiger partial charge >= 0.3 is 0 Å². The van der Waals surface area contributed by atoms with Crippen LogP contribution < -0.4 is 5.32 Å². The minimum Gasteiger partial charge on any atom is -0.351 e. The van der Waals surface area contributed by atoms with Crippen molar-refractivity contribution in [3.8, 4) is 0 Å². The minimum atomic E-state index is -0.0607. The second kappa shape index (κ2) is 10.1. The van der Waals surface area contributed by atoms with Crippen molar-refractivity contribution >= 4 is 22.4 Å². The first-order valence-electron chi connectivity index (χ1n) is 11.3. The Bertz CT molecular complexity index is 828. The first kappa shape index (κ1) is 21.6. The van der Waals surface area contributed by atoms with Crippen molar-refractivity contribution in [3.05, 3.63) is 42.6 Å². The Morgan fingerprint density at radius 1 is 1.24 bits per heavy atom. The molecule has 1 aliphatic heterocycles. The number of fused-ring (bicyclic) bond motifs is 1. The van der Waals surface area contributed by atoms with Crippen LogP contribution in [-0.4, -0.2) is 41.6 Å². The molecule has 1 aromatic carbocycles. The highest BCUT2D eigenvalue weighted by Crippen LogP contribution is 2.29. The van der Waals surface area contributed by atoms with Gasteiger partial charge in [0.15, 0.2) is 0 Å². The first-order chi connectivity index (χ1) is 14.0. The SMILES string of the molecule is C=C(C(=O)NCCN1CCC(CCCC)CC1)c1cn(C(C)C)c2ccccc12. The summed E-state index contributed by atoms with van der Waals surface area (Å²) in [6, 6.07) is 8.58. The number of amides is 1. The first-order valence-corrected chi connectivity index (χ1v) is 11.3. The molecule has 1 N–H and O–H groups in total. The van der Waals surface area contributed by atoms with Crippen molar-refractivity contribution in [3.63, 3.8) is 0 Å². The second-order valence-electron chi connectivity index (χ2n) is 8.72. The third-order valence-electron chi connectivity index (χ3n) is 6.28. The molecule has 0 atom stereocenters. The summed E-state index contributed by atoms with van der Waals surface area (Å²) in [4.78, 5) is 15.2. The molecule has 4 nitrogen and oxygen atoms in total. The number of aromatic nitrogens is 1. The van der Waals surface area contributed by atoms with Crippen LogP contribution in [0.3, 0.4) is 0 Å². The number of piperidine rings is 1. The Morgan fingerprint density at radius 3 is 2.66 bits per heavy atom. The number of rotatable bonds is 9. The molecule has 4 heteroatoms. The van der Waals surface area contributed by atoms with Gasteiger partial charge in [0.1, 0.15) is 0 Å². The largest absolute Gasteiger partial charge is 0.351 e. The number of para-hydroxylation sites is 1. The van der Waals surface area contributed by atoms with E-state index in [9.17, 15) is 4.79 Å². The smallest absolute Gasteiger partial charge is 0.251 e. The zero-order valence-corrected chi connectivity index (χ0v) is 18.4. The average Bonchev–Trinajstić information content (AvgIpc) is 3.12. The lowest BCUT2D eigenvalue weighted by molar-refractivity contribution is -0.115. The second-order valence-corrected chi connectivity index (χ2v) is 8.72. The normalized spacial score (nSPS) is 15.9. The van der Waals surface area contributed by atoms with Gasteiger partial charge in [0.2, 0.25) is 0 Å². The number of nitrogens with one attached hydrogen (secondary N) is 1. The molecule has 0 radical (unpaired) electrons. The molecule has 158 valence electrons. The summed E-state index contributed by atoms with van der Waals surface area (Å²) in [7, 11) is 0. The van der Waals surface area contributed by atoms with E-state index < -0.39 is 0 Å². The van der Waals surface area contributed by atoms with E-state index in [1.165, 1.54) is 32.1 Å². The molecular formula is C25H37N3O. The van der Waals surface area contributed by atoms with Gasteiger partial charge < -0.3 is 14.8 Å². The monoisotopic (exact) mass is 395 g/mol. The van der Waals surface area contributed by atoms with Crippen molar-refractivity contribution in [2.45, 2.75) is 58.9 Å². The zero-order valence-electron chi connectivity index (χ0n) is 18.4. The molecule has 0 saturated carbocycles. The maximum Gasteiger partial charge on any atom is 0.251 e. The minimum absolute atomic E-state index is 0.0607. The maximum atomic E-state index is 12.7. The molecule has 0 aliphatic carbocycles. The van der Waals surface area contributed by atoms with Gasteiger partial charge in [0.05, 0.1) is 0 Å². The van der Waals surface area contributed by atoms with E-state index >= 15 is 0 Å². The van der Waals surface area contributed by atoms with Crippen LogP contribution in [0.5, 0.6) is 0 Å². The lowest BCUT2D eigenvalue weighted by Gasteiger charge is -2.32. The highest BCUT2D eigenvalue weighted by atomic mass is 16.1. The van der Waals surface area contributed by atoms with Crippen molar-refractivity contribution < 1.29 is 4.79 Å². The van der Waals surface area contributed by atoms with Gasteiger partial charge in [-0.1, -0.05) is 51.0 Å². The fraction of sp³-hybridized carbons (Fsp3) is 0.560. The average molecular weight is 396 g/mol. The van der Waals surface area contributed by atoms with Crippen molar-refractivity contribution in [1.29, 1.82) is 0 Å². The number of hydrogen-bond donors (Lipinski definition) is 1. The molecule has 0 unspecified atom stereocenters. The van der Waals surface area contributed by atoms with Gasteiger partial charge in [0, 0.05) is 47.4 Å². The fourth-order valence-corrected chi connectivity index (χ4v) is 4.42. The highest BCUT2D eigenvalue weighted by Gasteiger charge is 2.20. The summed E-state index contributed by atoms with van der Waals surface area (Å²) < 4.78 is 2.21. The molecule has 1 aliphatic rings. The molecule has 1 saturated heterocycles. The van der Waals surface area contributed by atoms with Crippen LogP contribution in [0.4, 0.5) is 0 Å². The van der Waals surface area contributed by atoms with Gasteiger partial charge in [-0.3, -0.25) is 4.79 Å². The van der Waals surface area contributed by atoms with Crippen molar-refractivity contribution in [2.24, 2.45) is 5.92 Å². The van der Waals surface area contributed by atoms with Crippen LogP contribution in [0.25, 0.3) is 16.5 Å². The van der Waals surface area contributed by atoms with Gasteiger partial charge in [-0.25, -0.2) is 0 Å². The van der Waals surface area contributed by atoms with Crippen LogP contribution in [0, 0.1) is 5.92 Å². The van der Waals surface area contributed by atoms with Crippen LogP contribution in [0.2, 0.25) is 0 Å². The Morgan fingerprint density at radius 2 is 1.97 bits per heavy atom. The van der Waals surface area contributed by atoms with Gasteiger partial charge in [-0.2, -0.15) is 0 Å². The van der Waals surface area contributed by atoms with E-state index in [0.29, 0.717) is 18.2 Å². The Labute approximate surface area is 176 Å². The quantitative estimate of drug-likeness (QED) is 0.589. The molecule has 2 aromatic rings. The summed E-state index contributed by atoms with van der Waals surface area (Å²) >= 11 is 0. The molecule has 1 aromatic heterocycles. The number of hydrogen-bond acceptors (Lipinski definition) is 2. The Hall–Kier alpha value is -2.07. The number of benzene rings is 1. The molecule has 29 heavy (non-hydrogen) atoms. The van der Waals surface area contributed by atoms with Crippen molar-refractivity contribution in [1.82, 2.24) is 14.8 Å². The number of nitrogens with zero attached hydrogens (tertiary/aromatic N) is 2. The Balaban J connectivity index is 1.52. The summed E-state index contributed by atoms with van der Waals surface area (Å²) in [6.45, 7) is 14.6. The number of carbonyl (C=O) groups is 1. The zero-order chi connectivity index (χ0) is 20.8. The molecular weight excluding hydrogens is 358 g/mol. The third-order valence-corrected chi connectivity index (χ3v) is 6.28. The maximum absolute atomic E-state index is 12.7. The molecule has 1 amide bonds. The molecule has 1 fully saturated rings. The molecule has 0 bridgehead atoms. The van der Waals surface area contributed by atoms with E-state index in [-0.39, 0.29) is 5.91 Å². The van der Waals surface area contributed by atoms with Crippen molar-refractivity contribution in [2.75, 3.05) is 26.2 Å². The topological polar surface area (TPSA) is 37.3 Å². The van der Waals surface area contributed by atoms with E-state index in [1.54, 1.807) is 0 Å². The third kappa shape index (κ3) is 5.30. The predicted molar refractivity (Wildman–Crippen MR) is 123 cm³/mol. The summed E-state index contributed by atoms with van der Waals surface area (Å²) in [5.74, 6) is 0.841. The van der Waals surface area contributed by atoms with E-state index in [1.807, 2.05) is 12.1 Å². The molecule has 3 rings (SSSR count).